The van der Waals surface area contributed by atoms with Gasteiger partial charge in [-0.2, -0.15) is 0 Å². The molecule has 0 radical (unpaired) electrons. The number of carbonyl (C=O) groups excluding carboxylic acids is 1. The van der Waals surface area contributed by atoms with E-state index in [0.29, 0.717) is 0 Å². The Morgan fingerprint density at radius 2 is 1.64 bits per heavy atom. The maximum atomic E-state index is 13.6. The number of carbonyl (C=O) groups is 1. The number of nitrogens with zero attached hydrogens (tertiary/aromatic N) is 1. The number of anilines is 2. The van der Waals surface area contributed by atoms with Gasteiger partial charge in [-0.1, -0.05) is 29.3 Å². The quantitative estimate of drug-likeness (QED) is 0.820. The summed E-state index contributed by atoms with van der Waals surface area (Å²) < 4.78 is 51.9. The average molecular weight is 409 g/mol. The highest BCUT2D eigenvalue weighted by molar-refractivity contribution is 7.92. The molecule has 1 amide bonds. The van der Waals surface area contributed by atoms with Crippen molar-refractivity contribution in [1.82, 2.24) is 0 Å². The molecular weight excluding hydrogens is 397 g/mol. The summed E-state index contributed by atoms with van der Waals surface area (Å²) in [5, 5.41) is 2.35. The first-order valence-electron chi connectivity index (χ1n) is 6.75. The lowest BCUT2D eigenvalue weighted by Gasteiger charge is -2.22. The van der Waals surface area contributed by atoms with E-state index < -0.39 is 39.8 Å². The van der Waals surface area contributed by atoms with Gasteiger partial charge in [0.1, 0.15) is 23.9 Å². The molecule has 5 nitrogen and oxygen atoms in total. The first kappa shape index (κ1) is 19.4. The van der Waals surface area contributed by atoms with E-state index in [4.69, 9.17) is 23.2 Å². The van der Waals surface area contributed by atoms with Crippen LogP contribution in [-0.2, 0) is 14.8 Å². The van der Waals surface area contributed by atoms with Gasteiger partial charge in [0.25, 0.3) is 0 Å². The van der Waals surface area contributed by atoms with E-state index in [1.807, 2.05) is 5.32 Å². The zero-order valence-corrected chi connectivity index (χ0v) is 15.1. The molecule has 2 aromatic carbocycles. The Labute approximate surface area is 153 Å². The summed E-state index contributed by atoms with van der Waals surface area (Å²) in [5.74, 6) is -2.90. The monoisotopic (exact) mass is 408 g/mol. The van der Waals surface area contributed by atoms with Crippen LogP contribution in [0.25, 0.3) is 0 Å². The first-order chi connectivity index (χ1) is 11.6. The van der Waals surface area contributed by atoms with E-state index in [1.54, 1.807) is 0 Å². The van der Waals surface area contributed by atoms with Crippen molar-refractivity contribution in [3.63, 3.8) is 0 Å². The maximum Gasteiger partial charge on any atom is 0.245 e. The number of hydrogen-bond donors (Lipinski definition) is 1. The second-order valence-corrected chi connectivity index (χ2v) is 7.82. The van der Waals surface area contributed by atoms with E-state index in [2.05, 4.69) is 0 Å². The van der Waals surface area contributed by atoms with Gasteiger partial charge >= 0.3 is 0 Å². The van der Waals surface area contributed by atoms with Crippen LogP contribution in [-0.4, -0.2) is 27.1 Å². The lowest BCUT2D eigenvalue weighted by Crippen LogP contribution is -2.37. The van der Waals surface area contributed by atoms with Crippen LogP contribution in [0.15, 0.2) is 36.4 Å². The van der Waals surface area contributed by atoms with Crippen molar-refractivity contribution in [2.24, 2.45) is 0 Å². The Morgan fingerprint density at radius 1 is 1.12 bits per heavy atom. The molecule has 0 aliphatic rings. The summed E-state index contributed by atoms with van der Waals surface area (Å²) >= 11 is 11.7. The van der Waals surface area contributed by atoms with Crippen LogP contribution in [0.2, 0.25) is 10.0 Å². The van der Waals surface area contributed by atoms with Gasteiger partial charge in [0.2, 0.25) is 15.9 Å². The summed E-state index contributed by atoms with van der Waals surface area (Å²) in [6.45, 7) is -0.719. The third-order valence-corrected chi connectivity index (χ3v) is 4.63. The van der Waals surface area contributed by atoms with Crippen LogP contribution in [0.5, 0.6) is 0 Å². The second-order valence-electron chi connectivity index (χ2n) is 5.04. The lowest BCUT2D eigenvalue weighted by atomic mass is 10.3. The summed E-state index contributed by atoms with van der Waals surface area (Å²) in [7, 11) is -3.89. The molecule has 25 heavy (non-hydrogen) atoms. The SMILES string of the molecule is CS(=O)(=O)N(CC(=O)Nc1c(F)cccc1F)c1cc(Cl)cc(Cl)c1. The predicted molar refractivity (Wildman–Crippen MR) is 93.6 cm³/mol. The average Bonchev–Trinajstić information content (AvgIpc) is 2.46. The molecule has 10 heteroatoms. The van der Waals surface area contributed by atoms with Crippen LogP contribution < -0.4 is 9.62 Å². The van der Waals surface area contributed by atoms with Gasteiger partial charge in [0, 0.05) is 10.0 Å². The summed E-state index contributed by atoms with van der Waals surface area (Å²) in [4.78, 5) is 12.1. The van der Waals surface area contributed by atoms with Crippen LogP contribution >= 0.6 is 23.2 Å². The minimum absolute atomic E-state index is 0.0455. The Hall–Kier alpha value is -1.90. The molecule has 0 spiro atoms. The molecule has 0 aliphatic carbocycles. The van der Waals surface area contributed by atoms with E-state index in [1.165, 1.54) is 18.2 Å². The van der Waals surface area contributed by atoms with Gasteiger partial charge in [0.05, 0.1) is 11.9 Å². The van der Waals surface area contributed by atoms with Crippen molar-refractivity contribution < 1.29 is 22.0 Å². The van der Waals surface area contributed by atoms with E-state index in [0.717, 1.165) is 28.8 Å². The fourth-order valence-electron chi connectivity index (χ4n) is 2.01. The molecular formula is C15H12Cl2F2N2O3S. The normalized spacial score (nSPS) is 11.2. The fourth-order valence-corrected chi connectivity index (χ4v) is 3.36. The van der Waals surface area contributed by atoms with Crippen molar-refractivity contribution in [3.8, 4) is 0 Å². The van der Waals surface area contributed by atoms with Gasteiger partial charge in [-0.25, -0.2) is 17.2 Å². The Bertz CT molecular complexity index is 882. The van der Waals surface area contributed by atoms with Crippen molar-refractivity contribution in [3.05, 3.63) is 58.1 Å². The third-order valence-electron chi connectivity index (χ3n) is 3.05. The molecule has 2 rings (SSSR count). The van der Waals surface area contributed by atoms with Crippen LogP contribution in [0.4, 0.5) is 20.2 Å². The largest absolute Gasteiger partial charge is 0.320 e. The molecule has 0 unspecified atom stereocenters. The fraction of sp³-hybridized carbons (Fsp3) is 0.133. The predicted octanol–water partition coefficient (Wildman–Crippen LogP) is 3.68. The van der Waals surface area contributed by atoms with Crippen molar-refractivity contribution in [1.29, 1.82) is 0 Å². The minimum Gasteiger partial charge on any atom is -0.320 e. The topological polar surface area (TPSA) is 66.5 Å². The Kier molecular flexibility index (Phi) is 5.87. The van der Waals surface area contributed by atoms with Gasteiger partial charge in [-0.15, -0.1) is 0 Å². The first-order valence-corrected chi connectivity index (χ1v) is 9.36. The number of nitrogens with one attached hydrogen (secondary N) is 1. The molecule has 0 aromatic heterocycles. The molecule has 0 bridgehead atoms. The number of halogens is 4. The lowest BCUT2D eigenvalue weighted by molar-refractivity contribution is -0.114. The third kappa shape index (κ3) is 5.04. The molecule has 0 fully saturated rings. The van der Waals surface area contributed by atoms with E-state index >= 15 is 0 Å². The van der Waals surface area contributed by atoms with E-state index in [-0.39, 0.29) is 15.7 Å². The highest BCUT2D eigenvalue weighted by Crippen LogP contribution is 2.27. The van der Waals surface area contributed by atoms with Crippen LogP contribution in [0.3, 0.4) is 0 Å². The van der Waals surface area contributed by atoms with Crippen molar-refractivity contribution in [2.75, 3.05) is 22.4 Å². The summed E-state index contributed by atoms with van der Waals surface area (Å²) in [6, 6.07) is 7.05. The van der Waals surface area contributed by atoms with Crippen molar-refractivity contribution in [2.45, 2.75) is 0 Å². The highest BCUT2D eigenvalue weighted by Gasteiger charge is 2.23. The summed E-state index contributed by atoms with van der Waals surface area (Å²) in [6.07, 6.45) is 0.874. The number of rotatable bonds is 5. The van der Waals surface area contributed by atoms with Crippen molar-refractivity contribution >= 4 is 50.5 Å². The molecule has 2 aromatic rings. The number of benzene rings is 2. The highest BCUT2D eigenvalue weighted by atomic mass is 35.5. The smallest absolute Gasteiger partial charge is 0.245 e. The molecule has 1 N–H and O–H groups in total. The maximum absolute atomic E-state index is 13.6. The summed E-state index contributed by atoms with van der Waals surface area (Å²) in [5.41, 5.74) is -0.616. The number of amides is 1. The van der Waals surface area contributed by atoms with Gasteiger partial charge in [-0.3, -0.25) is 9.10 Å². The van der Waals surface area contributed by atoms with Crippen LogP contribution in [0, 0.1) is 11.6 Å². The van der Waals surface area contributed by atoms with Gasteiger partial charge in [-0.05, 0) is 30.3 Å². The number of para-hydroxylation sites is 1. The van der Waals surface area contributed by atoms with Crippen LogP contribution in [0.1, 0.15) is 0 Å². The standard InChI is InChI=1S/C15H12Cl2F2N2O3S/c1-25(23,24)21(11-6-9(16)5-10(17)7-11)8-14(22)20-15-12(18)3-2-4-13(15)19/h2-7H,8H2,1H3,(H,20,22). The minimum atomic E-state index is -3.89. The molecule has 0 saturated heterocycles. The molecule has 0 aliphatic heterocycles. The molecule has 134 valence electrons. The Morgan fingerprint density at radius 3 is 2.12 bits per heavy atom. The molecule has 0 atom stereocenters. The van der Waals surface area contributed by atoms with Gasteiger partial charge in [0.15, 0.2) is 0 Å². The number of hydrogen-bond acceptors (Lipinski definition) is 3. The Balaban J connectivity index is 2.30. The zero-order valence-electron chi connectivity index (χ0n) is 12.8. The second kappa shape index (κ2) is 7.55. The number of sulfonamides is 1. The van der Waals surface area contributed by atoms with Gasteiger partial charge < -0.3 is 5.32 Å². The molecule has 0 saturated carbocycles. The van der Waals surface area contributed by atoms with E-state index in [9.17, 15) is 22.0 Å². The zero-order chi connectivity index (χ0) is 18.8. The molecule has 0 heterocycles.